The van der Waals surface area contributed by atoms with Gasteiger partial charge in [0, 0.05) is 6.42 Å². The first-order valence-electron chi connectivity index (χ1n) is 6.98. The second-order valence-corrected chi connectivity index (χ2v) is 4.95. The third kappa shape index (κ3) is 3.22. The van der Waals surface area contributed by atoms with Crippen LogP contribution in [0.2, 0.25) is 0 Å². The average Bonchev–Trinajstić information content (AvgIpc) is 2.53. The van der Waals surface area contributed by atoms with Crippen molar-refractivity contribution in [3.8, 4) is 28.4 Å². The molecule has 0 amide bonds. The van der Waals surface area contributed by atoms with Crippen molar-refractivity contribution in [3.05, 3.63) is 42.0 Å². The van der Waals surface area contributed by atoms with Crippen LogP contribution >= 0.6 is 0 Å². The summed E-state index contributed by atoms with van der Waals surface area (Å²) in [5.41, 5.74) is 2.88. The molecule has 2 rings (SSSR count). The van der Waals surface area contributed by atoms with E-state index in [4.69, 9.17) is 14.2 Å². The van der Waals surface area contributed by atoms with Crippen LogP contribution in [0.1, 0.15) is 12.5 Å². The standard InChI is InChI=1S/C18H20O4/c1-12(19)9-13-7-5-6-8-15(13)14-10-16(20-2)18(22-4)17(11-14)21-3/h5-8,10-11H,9H2,1-4H3. The number of methoxy groups -OCH3 is 3. The first-order chi connectivity index (χ1) is 10.6. The zero-order valence-corrected chi connectivity index (χ0v) is 13.3. The molecule has 0 atom stereocenters. The van der Waals surface area contributed by atoms with Crippen molar-refractivity contribution in [2.45, 2.75) is 13.3 Å². The summed E-state index contributed by atoms with van der Waals surface area (Å²) in [7, 11) is 4.74. The highest BCUT2D eigenvalue weighted by Gasteiger charge is 2.15. The number of rotatable bonds is 6. The third-order valence-electron chi connectivity index (χ3n) is 3.43. The van der Waals surface area contributed by atoms with Crippen molar-refractivity contribution in [1.29, 1.82) is 0 Å². The Kier molecular flexibility index (Phi) is 5.04. The Morgan fingerprint density at radius 1 is 0.955 bits per heavy atom. The van der Waals surface area contributed by atoms with Crippen LogP contribution in [0.5, 0.6) is 17.2 Å². The van der Waals surface area contributed by atoms with E-state index in [1.54, 1.807) is 28.3 Å². The molecule has 22 heavy (non-hydrogen) atoms. The van der Waals surface area contributed by atoms with Crippen LogP contribution < -0.4 is 14.2 Å². The first kappa shape index (κ1) is 15.9. The predicted octanol–water partition coefficient (Wildman–Crippen LogP) is 3.51. The van der Waals surface area contributed by atoms with E-state index in [2.05, 4.69) is 0 Å². The molecule has 2 aromatic rings. The predicted molar refractivity (Wildman–Crippen MR) is 85.9 cm³/mol. The van der Waals surface area contributed by atoms with E-state index in [9.17, 15) is 4.79 Å². The lowest BCUT2D eigenvalue weighted by atomic mass is 9.96. The number of ether oxygens (including phenoxy) is 3. The summed E-state index contributed by atoms with van der Waals surface area (Å²) in [6.07, 6.45) is 0.396. The molecule has 0 aliphatic rings. The number of ketones is 1. The Hall–Kier alpha value is -2.49. The Balaban J connectivity index is 2.60. The molecule has 0 saturated carbocycles. The molecule has 0 bridgehead atoms. The van der Waals surface area contributed by atoms with Crippen LogP contribution in [-0.2, 0) is 11.2 Å². The summed E-state index contributed by atoms with van der Waals surface area (Å²) >= 11 is 0. The van der Waals surface area contributed by atoms with Crippen molar-refractivity contribution >= 4 is 5.78 Å². The molecule has 0 N–H and O–H groups in total. The molecule has 0 spiro atoms. The van der Waals surface area contributed by atoms with Crippen molar-refractivity contribution in [2.75, 3.05) is 21.3 Å². The highest BCUT2D eigenvalue weighted by Crippen LogP contribution is 2.41. The lowest BCUT2D eigenvalue weighted by Gasteiger charge is -2.15. The number of Topliss-reactive ketones (excluding diaryl/α,β-unsaturated/α-hetero) is 1. The van der Waals surface area contributed by atoms with Crippen LogP contribution in [0.25, 0.3) is 11.1 Å². The molecule has 4 nitrogen and oxygen atoms in total. The topological polar surface area (TPSA) is 44.8 Å². The van der Waals surface area contributed by atoms with Gasteiger partial charge in [-0.3, -0.25) is 4.79 Å². The highest BCUT2D eigenvalue weighted by molar-refractivity contribution is 5.82. The Morgan fingerprint density at radius 3 is 2.05 bits per heavy atom. The van der Waals surface area contributed by atoms with Crippen molar-refractivity contribution in [1.82, 2.24) is 0 Å². The van der Waals surface area contributed by atoms with Gasteiger partial charge in [0.05, 0.1) is 21.3 Å². The molecule has 0 aliphatic heterocycles. The van der Waals surface area contributed by atoms with E-state index in [0.717, 1.165) is 16.7 Å². The molecule has 0 heterocycles. The Morgan fingerprint density at radius 2 is 1.55 bits per heavy atom. The number of hydrogen-bond donors (Lipinski definition) is 0. The second-order valence-electron chi connectivity index (χ2n) is 4.95. The minimum atomic E-state index is 0.125. The summed E-state index contributed by atoms with van der Waals surface area (Å²) in [6.45, 7) is 1.59. The highest BCUT2D eigenvalue weighted by atomic mass is 16.5. The second kappa shape index (κ2) is 6.98. The van der Waals surface area contributed by atoms with Crippen molar-refractivity contribution < 1.29 is 19.0 Å². The summed E-state index contributed by atoms with van der Waals surface area (Å²) in [6, 6.07) is 11.6. The molecule has 0 aliphatic carbocycles. The van der Waals surface area contributed by atoms with E-state index >= 15 is 0 Å². The summed E-state index contributed by atoms with van der Waals surface area (Å²) in [5, 5.41) is 0. The fourth-order valence-corrected chi connectivity index (χ4v) is 2.46. The summed E-state index contributed by atoms with van der Waals surface area (Å²) < 4.78 is 16.1. The summed E-state index contributed by atoms with van der Waals surface area (Å²) in [5.74, 6) is 1.86. The average molecular weight is 300 g/mol. The van der Waals surface area contributed by atoms with E-state index in [1.165, 1.54) is 0 Å². The van der Waals surface area contributed by atoms with E-state index in [-0.39, 0.29) is 5.78 Å². The van der Waals surface area contributed by atoms with Crippen molar-refractivity contribution in [2.24, 2.45) is 0 Å². The van der Waals surface area contributed by atoms with E-state index in [0.29, 0.717) is 23.7 Å². The molecular formula is C18H20O4. The van der Waals surface area contributed by atoms with Crippen LogP contribution in [0.15, 0.2) is 36.4 Å². The van der Waals surface area contributed by atoms with Crippen LogP contribution in [0.3, 0.4) is 0 Å². The van der Waals surface area contributed by atoms with Gasteiger partial charge in [-0.2, -0.15) is 0 Å². The molecule has 0 radical (unpaired) electrons. The molecule has 0 fully saturated rings. The van der Waals surface area contributed by atoms with Gasteiger partial charge in [-0.1, -0.05) is 24.3 Å². The van der Waals surface area contributed by atoms with Gasteiger partial charge >= 0.3 is 0 Å². The van der Waals surface area contributed by atoms with Gasteiger partial charge in [-0.15, -0.1) is 0 Å². The number of hydrogen-bond acceptors (Lipinski definition) is 4. The lowest BCUT2D eigenvalue weighted by molar-refractivity contribution is -0.116. The molecule has 0 saturated heterocycles. The zero-order valence-electron chi connectivity index (χ0n) is 13.3. The first-order valence-corrected chi connectivity index (χ1v) is 6.98. The van der Waals surface area contributed by atoms with Crippen LogP contribution in [0, 0.1) is 0 Å². The molecular weight excluding hydrogens is 280 g/mol. The van der Waals surface area contributed by atoms with E-state index < -0.39 is 0 Å². The fourth-order valence-electron chi connectivity index (χ4n) is 2.46. The molecule has 4 heteroatoms. The van der Waals surface area contributed by atoms with Gasteiger partial charge in [0.1, 0.15) is 5.78 Å². The quantitative estimate of drug-likeness (QED) is 0.819. The smallest absolute Gasteiger partial charge is 0.203 e. The monoisotopic (exact) mass is 300 g/mol. The van der Waals surface area contributed by atoms with E-state index in [1.807, 2.05) is 36.4 Å². The number of carbonyl (C=O) groups is 1. The molecule has 0 unspecified atom stereocenters. The van der Waals surface area contributed by atoms with Gasteiger partial charge in [-0.25, -0.2) is 0 Å². The van der Waals surface area contributed by atoms with Crippen molar-refractivity contribution in [3.63, 3.8) is 0 Å². The maximum absolute atomic E-state index is 11.5. The van der Waals surface area contributed by atoms with Gasteiger partial charge in [0.15, 0.2) is 11.5 Å². The molecule has 116 valence electrons. The lowest BCUT2D eigenvalue weighted by Crippen LogP contribution is -2.00. The van der Waals surface area contributed by atoms with Gasteiger partial charge in [0.25, 0.3) is 0 Å². The minimum absolute atomic E-state index is 0.125. The maximum Gasteiger partial charge on any atom is 0.203 e. The third-order valence-corrected chi connectivity index (χ3v) is 3.43. The van der Waals surface area contributed by atoms with Crippen LogP contribution in [-0.4, -0.2) is 27.1 Å². The van der Waals surface area contributed by atoms with Gasteiger partial charge < -0.3 is 14.2 Å². The summed E-state index contributed by atoms with van der Waals surface area (Å²) in [4.78, 5) is 11.5. The van der Waals surface area contributed by atoms with Crippen LogP contribution in [0.4, 0.5) is 0 Å². The van der Waals surface area contributed by atoms with Gasteiger partial charge in [-0.05, 0) is 35.7 Å². The fraction of sp³-hybridized carbons (Fsp3) is 0.278. The largest absolute Gasteiger partial charge is 0.493 e. The number of benzene rings is 2. The SMILES string of the molecule is COc1cc(-c2ccccc2CC(C)=O)cc(OC)c1OC. The Bertz CT molecular complexity index is 652. The maximum atomic E-state index is 11.5. The van der Waals surface area contributed by atoms with Gasteiger partial charge in [0.2, 0.25) is 5.75 Å². The Labute approximate surface area is 130 Å². The molecule has 2 aromatic carbocycles. The minimum Gasteiger partial charge on any atom is -0.493 e. The molecule has 0 aromatic heterocycles. The normalized spacial score (nSPS) is 10.2. The zero-order chi connectivity index (χ0) is 16.1. The number of carbonyl (C=O) groups excluding carboxylic acids is 1.